The van der Waals surface area contributed by atoms with Crippen LogP contribution in [-0.4, -0.2) is 15.1 Å². The third-order valence-corrected chi connectivity index (χ3v) is 2.89. The molecule has 2 aromatic rings. The first-order valence-corrected chi connectivity index (χ1v) is 5.52. The molecule has 0 unspecified atom stereocenters. The predicted octanol–water partition coefficient (Wildman–Crippen LogP) is 2.85. The number of nitrogens with zero attached hydrogens (tertiary/aromatic N) is 2. The molecular weight excluding hydrogens is 293 g/mol. The molecule has 3 N–H and O–H groups in total. The van der Waals surface area contributed by atoms with Crippen LogP contribution >= 0.6 is 27.5 Å². The molecule has 0 radical (unpaired) electrons. The van der Waals surface area contributed by atoms with Gasteiger partial charge in [0.25, 0.3) is 0 Å². The topological polar surface area (TPSA) is 72.0 Å². The summed E-state index contributed by atoms with van der Waals surface area (Å²) in [6, 6.07) is 4.74. The summed E-state index contributed by atoms with van der Waals surface area (Å²) in [6.45, 7) is 0. The highest BCUT2D eigenvalue weighted by atomic mass is 79.9. The van der Waals surface area contributed by atoms with Crippen molar-refractivity contribution < 1.29 is 5.11 Å². The fraction of sp³-hybridized carbons (Fsp3) is 0. The van der Waals surface area contributed by atoms with Crippen molar-refractivity contribution in [3.63, 3.8) is 0 Å². The number of phenolic OH excluding ortho intramolecular Hbond substituents is 1. The molecule has 0 spiro atoms. The summed E-state index contributed by atoms with van der Waals surface area (Å²) in [5.74, 6) is 0.840. The van der Waals surface area contributed by atoms with Gasteiger partial charge in [0, 0.05) is 11.8 Å². The van der Waals surface area contributed by atoms with Crippen molar-refractivity contribution in [3.05, 3.63) is 33.9 Å². The molecule has 0 atom stereocenters. The van der Waals surface area contributed by atoms with Crippen molar-refractivity contribution in [1.29, 1.82) is 0 Å². The van der Waals surface area contributed by atoms with Crippen LogP contribution in [0.3, 0.4) is 0 Å². The van der Waals surface area contributed by atoms with Gasteiger partial charge in [0.05, 0.1) is 9.50 Å². The highest BCUT2D eigenvalue weighted by Gasteiger charge is 2.06. The molecule has 16 heavy (non-hydrogen) atoms. The van der Waals surface area contributed by atoms with Gasteiger partial charge >= 0.3 is 0 Å². The Balaban J connectivity index is 2.50. The second-order valence-corrected chi connectivity index (χ2v) is 4.35. The van der Waals surface area contributed by atoms with E-state index in [-0.39, 0.29) is 10.8 Å². The average molecular weight is 301 g/mol. The largest absolute Gasteiger partial charge is 0.506 e. The Morgan fingerprint density at radius 3 is 2.75 bits per heavy atom. The Kier molecular flexibility index (Phi) is 2.98. The number of nitrogen functional groups attached to an aromatic ring is 1. The zero-order valence-corrected chi connectivity index (χ0v) is 10.3. The summed E-state index contributed by atoms with van der Waals surface area (Å²) in [7, 11) is 0. The first kappa shape index (κ1) is 11.2. The van der Waals surface area contributed by atoms with E-state index in [1.165, 1.54) is 6.07 Å². The Hall–Kier alpha value is -1.33. The number of hydrogen-bond acceptors (Lipinski definition) is 4. The minimum absolute atomic E-state index is 0.0236. The molecule has 0 aliphatic carbocycles. The van der Waals surface area contributed by atoms with Crippen LogP contribution < -0.4 is 5.73 Å². The Morgan fingerprint density at radius 1 is 1.38 bits per heavy atom. The van der Waals surface area contributed by atoms with Crippen LogP contribution in [0.25, 0.3) is 11.4 Å². The molecule has 6 heteroatoms. The molecule has 0 aliphatic heterocycles. The van der Waals surface area contributed by atoms with Crippen molar-refractivity contribution >= 4 is 33.3 Å². The molecule has 0 bridgehead atoms. The third kappa shape index (κ3) is 2.10. The van der Waals surface area contributed by atoms with E-state index < -0.39 is 0 Å². The van der Waals surface area contributed by atoms with E-state index in [4.69, 9.17) is 17.3 Å². The van der Waals surface area contributed by atoms with E-state index >= 15 is 0 Å². The molecule has 1 aromatic heterocycles. The van der Waals surface area contributed by atoms with Gasteiger partial charge in [-0.3, -0.25) is 0 Å². The number of aromatic nitrogens is 2. The number of phenols is 1. The van der Waals surface area contributed by atoms with Crippen LogP contribution in [0, 0.1) is 0 Å². The van der Waals surface area contributed by atoms with Crippen LogP contribution in [0.4, 0.5) is 5.82 Å². The number of benzene rings is 1. The Bertz CT molecular complexity index is 498. The van der Waals surface area contributed by atoms with Gasteiger partial charge in [-0.05, 0) is 34.1 Å². The molecule has 82 valence electrons. The lowest BCUT2D eigenvalue weighted by molar-refractivity contribution is 0.475. The van der Waals surface area contributed by atoms with Crippen molar-refractivity contribution in [3.8, 4) is 17.1 Å². The van der Waals surface area contributed by atoms with Crippen molar-refractivity contribution in [2.75, 3.05) is 5.73 Å². The summed E-state index contributed by atoms with van der Waals surface area (Å²) in [6.07, 6.45) is 1.57. The molecule has 0 saturated carbocycles. The second kappa shape index (κ2) is 4.27. The SMILES string of the molecule is Nc1nc(-c2ccc(O)c(Cl)c2)ncc1Br. The molecule has 0 amide bonds. The minimum atomic E-state index is 0.0236. The van der Waals surface area contributed by atoms with Gasteiger partial charge in [-0.2, -0.15) is 0 Å². The predicted molar refractivity (Wildman–Crippen MR) is 66.3 cm³/mol. The highest BCUT2D eigenvalue weighted by Crippen LogP contribution is 2.28. The van der Waals surface area contributed by atoms with E-state index in [1.54, 1.807) is 18.3 Å². The second-order valence-electron chi connectivity index (χ2n) is 3.09. The zero-order valence-electron chi connectivity index (χ0n) is 7.98. The van der Waals surface area contributed by atoms with Gasteiger partial charge in [-0.25, -0.2) is 9.97 Å². The molecule has 0 saturated heterocycles. The Morgan fingerprint density at radius 2 is 2.12 bits per heavy atom. The van der Waals surface area contributed by atoms with Crippen LogP contribution in [0.5, 0.6) is 5.75 Å². The van der Waals surface area contributed by atoms with Gasteiger partial charge in [0.15, 0.2) is 5.82 Å². The minimum Gasteiger partial charge on any atom is -0.506 e. The first-order chi connectivity index (χ1) is 7.58. The molecule has 1 aromatic carbocycles. The number of rotatable bonds is 1. The zero-order chi connectivity index (χ0) is 11.7. The molecule has 4 nitrogen and oxygen atoms in total. The molecule has 0 fully saturated rings. The monoisotopic (exact) mass is 299 g/mol. The summed E-state index contributed by atoms with van der Waals surface area (Å²) in [4.78, 5) is 8.20. The Labute approximate surface area is 105 Å². The normalized spacial score (nSPS) is 10.4. The van der Waals surface area contributed by atoms with Gasteiger partial charge in [0.2, 0.25) is 0 Å². The van der Waals surface area contributed by atoms with E-state index in [2.05, 4.69) is 25.9 Å². The van der Waals surface area contributed by atoms with E-state index in [9.17, 15) is 5.11 Å². The van der Waals surface area contributed by atoms with Gasteiger partial charge in [0.1, 0.15) is 11.6 Å². The van der Waals surface area contributed by atoms with Crippen molar-refractivity contribution in [2.24, 2.45) is 0 Å². The van der Waals surface area contributed by atoms with Gasteiger partial charge in [-0.15, -0.1) is 0 Å². The summed E-state index contributed by atoms with van der Waals surface area (Å²) in [5, 5.41) is 9.54. The summed E-state index contributed by atoms with van der Waals surface area (Å²) >= 11 is 9.00. The molecular formula is C10H7BrClN3O. The molecule has 1 heterocycles. The van der Waals surface area contributed by atoms with E-state index in [0.717, 1.165) is 0 Å². The lowest BCUT2D eigenvalue weighted by Gasteiger charge is -2.03. The van der Waals surface area contributed by atoms with Crippen LogP contribution in [0.2, 0.25) is 5.02 Å². The quantitative estimate of drug-likeness (QED) is 0.849. The van der Waals surface area contributed by atoms with Gasteiger partial charge < -0.3 is 10.8 Å². The number of aromatic hydroxyl groups is 1. The third-order valence-electron chi connectivity index (χ3n) is 1.98. The van der Waals surface area contributed by atoms with Gasteiger partial charge in [-0.1, -0.05) is 11.6 Å². The fourth-order valence-corrected chi connectivity index (χ4v) is 1.54. The first-order valence-electron chi connectivity index (χ1n) is 4.35. The van der Waals surface area contributed by atoms with Crippen LogP contribution in [0.1, 0.15) is 0 Å². The number of nitrogens with two attached hydrogens (primary N) is 1. The van der Waals surface area contributed by atoms with E-state index in [1.807, 2.05) is 0 Å². The van der Waals surface area contributed by atoms with Crippen molar-refractivity contribution in [2.45, 2.75) is 0 Å². The average Bonchev–Trinajstić information content (AvgIpc) is 2.26. The smallest absolute Gasteiger partial charge is 0.161 e. The maximum atomic E-state index is 9.28. The maximum Gasteiger partial charge on any atom is 0.161 e. The maximum absolute atomic E-state index is 9.28. The lowest BCUT2D eigenvalue weighted by atomic mass is 10.2. The van der Waals surface area contributed by atoms with Crippen LogP contribution in [0.15, 0.2) is 28.9 Å². The summed E-state index contributed by atoms with van der Waals surface area (Å²) < 4.78 is 0.640. The number of hydrogen-bond donors (Lipinski definition) is 2. The number of anilines is 1. The summed E-state index contributed by atoms with van der Waals surface area (Å²) in [5.41, 5.74) is 6.34. The highest BCUT2D eigenvalue weighted by molar-refractivity contribution is 9.10. The number of halogens is 2. The molecule has 0 aliphatic rings. The van der Waals surface area contributed by atoms with Crippen molar-refractivity contribution in [1.82, 2.24) is 9.97 Å². The standard InChI is InChI=1S/C10H7BrClN3O/c11-6-4-14-10(15-9(6)13)5-1-2-8(16)7(12)3-5/h1-4,16H,(H2,13,14,15). The fourth-order valence-electron chi connectivity index (χ4n) is 1.17. The molecule has 2 rings (SSSR count). The van der Waals surface area contributed by atoms with E-state index in [0.29, 0.717) is 21.7 Å². The lowest BCUT2D eigenvalue weighted by Crippen LogP contribution is -1.96. The van der Waals surface area contributed by atoms with Crippen LogP contribution in [-0.2, 0) is 0 Å².